The normalized spacial score (nSPS) is 13.4. The lowest BCUT2D eigenvalue weighted by atomic mass is 10.0. The number of nitrogens with zero attached hydrogens (tertiary/aromatic N) is 1. The van der Waals surface area contributed by atoms with Crippen LogP contribution < -0.4 is 4.72 Å². The summed E-state index contributed by atoms with van der Waals surface area (Å²) >= 11 is 1.43. The Kier molecular flexibility index (Phi) is 3.99. The molecule has 0 radical (unpaired) electrons. The van der Waals surface area contributed by atoms with E-state index in [1.165, 1.54) is 11.3 Å². The lowest BCUT2D eigenvalue weighted by molar-refractivity contribution is 0.567. The third-order valence-corrected chi connectivity index (χ3v) is 5.97. The summed E-state index contributed by atoms with van der Waals surface area (Å²) in [6, 6.07) is 12.7. The number of benzene rings is 2. The highest BCUT2D eigenvalue weighted by Crippen LogP contribution is 2.26. The first-order valence-corrected chi connectivity index (χ1v) is 9.25. The maximum absolute atomic E-state index is 12.7. The minimum Gasteiger partial charge on any atom is -0.243 e. The summed E-state index contributed by atoms with van der Waals surface area (Å²) in [6.07, 6.45) is 0. The lowest BCUT2D eigenvalue weighted by Crippen LogP contribution is -2.27. The monoisotopic (exact) mass is 332 g/mol. The van der Waals surface area contributed by atoms with Crippen LogP contribution in [-0.2, 0) is 10.0 Å². The van der Waals surface area contributed by atoms with Gasteiger partial charge in [-0.05, 0) is 37.1 Å². The van der Waals surface area contributed by atoms with Gasteiger partial charge in [0.1, 0.15) is 10.4 Å². The quantitative estimate of drug-likeness (QED) is 0.793. The zero-order chi connectivity index (χ0) is 15.7. The Hall–Kier alpha value is -1.76. The molecule has 0 aliphatic heterocycles. The molecule has 0 unspecified atom stereocenters. The Morgan fingerprint density at radius 3 is 2.68 bits per heavy atom. The van der Waals surface area contributed by atoms with Gasteiger partial charge in [-0.3, -0.25) is 0 Å². The molecule has 114 valence electrons. The standard InChI is InChI=1S/C16H16N2O2S2/c1-11-6-3-4-7-13(11)12(2)18-22(19,20)15-9-5-8-14-16(15)17-10-21-14/h3-10,12,18H,1-2H3/t12-/m1/s1. The van der Waals surface area contributed by atoms with Crippen LogP contribution in [0.3, 0.4) is 0 Å². The molecule has 4 nitrogen and oxygen atoms in total. The Morgan fingerprint density at radius 1 is 1.14 bits per heavy atom. The summed E-state index contributed by atoms with van der Waals surface area (Å²) in [5, 5.41) is 0. The molecular weight excluding hydrogens is 316 g/mol. The van der Waals surface area contributed by atoms with Crippen molar-refractivity contribution in [2.75, 3.05) is 0 Å². The van der Waals surface area contributed by atoms with Crippen molar-refractivity contribution in [2.24, 2.45) is 0 Å². The number of aromatic nitrogens is 1. The third-order valence-electron chi connectivity index (χ3n) is 3.60. The van der Waals surface area contributed by atoms with E-state index in [1.54, 1.807) is 17.6 Å². The Labute approximate surface area is 133 Å². The van der Waals surface area contributed by atoms with Crippen molar-refractivity contribution in [1.82, 2.24) is 9.71 Å². The lowest BCUT2D eigenvalue weighted by Gasteiger charge is -2.17. The predicted molar refractivity (Wildman–Crippen MR) is 89.5 cm³/mol. The van der Waals surface area contributed by atoms with E-state index in [1.807, 2.05) is 44.2 Å². The molecule has 0 saturated carbocycles. The summed E-state index contributed by atoms with van der Waals surface area (Å²) in [5.41, 5.74) is 4.21. The highest BCUT2D eigenvalue weighted by atomic mass is 32.2. The van der Waals surface area contributed by atoms with Crippen molar-refractivity contribution in [3.05, 3.63) is 59.1 Å². The first kappa shape index (κ1) is 15.1. The van der Waals surface area contributed by atoms with E-state index in [0.29, 0.717) is 5.52 Å². The highest BCUT2D eigenvalue weighted by molar-refractivity contribution is 7.89. The van der Waals surface area contributed by atoms with Crippen LogP contribution in [0.4, 0.5) is 0 Å². The second kappa shape index (κ2) is 5.79. The molecule has 3 aromatic rings. The fourth-order valence-electron chi connectivity index (χ4n) is 2.51. The molecule has 0 bridgehead atoms. The molecule has 0 aliphatic carbocycles. The van der Waals surface area contributed by atoms with Gasteiger partial charge in [0.25, 0.3) is 0 Å². The van der Waals surface area contributed by atoms with Crippen molar-refractivity contribution in [3.8, 4) is 0 Å². The highest BCUT2D eigenvalue weighted by Gasteiger charge is 2.22. The molecule has 1 atom stereocenters. The zero-order valence-electron chi connectivity index (χ0n) is 12.3. The molecule has 0 aliphatic rings. The molecule has 1 aromatic heterocycles. The van der Waals surface area contributed by atoms with Crippen LogP contribution in [0.5, 0.6) is 0 Å². The van der Waals surface area contributed by atoms with Gasteiger partial charge in [-0.15, -0.1) is 11.3 Å². The minimum absolute atomic E-state index is 0.228. The molecule has 3 rings (SSSR count). The number of thiazole rings is 1. The van der Waals surface area contributed by atoms with Gasteiger partial charge in [0, 0.05) is 6.04 Å². The summed E-state index contributed by atoms with van der Waals surface area (Å²) < 4.78 is 29.0. The Balaban J connectivity index is 1.97. The van der Waals surface area contributed by atoms with Crippen LogP contribution in [0.25, 0.3) is 10.2 Å². The summed E-state index contributed by atoms with van der Waals surface area (Å²) in [7, 11) is -3.63. The van der Waals surface area contributed by atoms with E-state index < -0.39 is 10.0 Å². The minimum atomic E-state index is -3.63. The van der Waals surface area contributed by atoms with Gasteiger partial charge in [-0.25, -0.2) is 18.1 Å². The maximum Gasteiger partial charge on any atom is 0.243 e. The number of hydrogen-bond acceptors (Lipinski definition) is 4. The van der Waals surface area contributed by atoms with Crippen molar-refractivity contribution in [3.63, 3.8) is 0 Å². The fourth-order valence-corrected chi connectivity index (χ4v) is 4.67. The van der Waals surface area contributed by atoms with E-state index in [0.717, 1.165) is 15.8 Å². The average Bonchev–Trinajstić information content (AvgIpc) is 2.95. The third kappa shape index (κ3) is 2.77. The summed E-state index contributed by atoms with van der Waals surface area (Å²) in [6.45, 7) is 3.82. The van der Waals surface area contributed by atoms with Gasteiger partial charge in [-0.2, -0.15) is 0 Å². The first-order valence-electron chi connectivity index (χ1n) is 6.89. The predicted octanol–water partition coefficient (Wildman–Crippen LogP) is 3.64. The van der Waals surface area contributed by atoms with Gasteiger partial charge in [-0.1, -0.05) is 30.3 Å². The van der Waals surface area contributed by atoms with Gasteiger partial charge in [0.2, 0.25) is 10.0 Å². The average molecular weight is 332 g/mol. The number of fused-ring (bicyclic) bond motifs is 1. The number of nitrogens with one attached hydrogen (secondary N) is 1. The second-order valence-corrected chi connectivity index (χ2v) is 7.72. The van der Waals surface area contributed by atoms with Gasteiger partial charge in [0.05, 0.1) is 10.2 Å². The van der Waals surface area contributed by atoms with E-state index in [2.05, 4.69) is 9.71 Å². The Bertz CT molecular complexity index is 917. The molecule has 2 aromatic carbocycles. The van der Waals surface area contributed by atoms with Crippen LogP contribution >= 0.6 is 11.3 Å². The molecule has 22 heavy (non-hydrogen) atoms. The summed E-state index contributed by atoms with van der Waals surface area (Å²) in [4.78, 5) is 4.41. The molecule has 6 heteroatoms. The van der Waals surface area contributed by atoms with E-state index >= 15 is 0 Å². The molecule has 0 amide bonds. The number of aryl methyl sites for hydroxylation is 1. The Morgan fingerprint density at radius 2 is 1.91 bits per heavy atom. The number of para-hydroxylation sites is 1. The molecule has 0 spiro atoms. The van der Waals surface area contributed by atoms with E-state index in [-0.39, 0.29) is 10.9 Å². The van der Waals surface area contributed by atoms with Crippen LogP contribution in [0, 0.1) is 6.92 Å². The van der Waals surface area contributed by atoms with Crippen LogP contribution in [0.1, 0.15) is 24.1 Å². The number of rotatable bonds is 4. The van der Waals surface area contributed by atoms with Gasteiger partial charge in [0.15, 0.2) is 0 Å². The molecular formula is C16H16N2O2S2. The van der Waals surface area contributed by atoms with Crippen LogP contribution in [0.15, 0.2) is 52.9 Å². The maximum atomic E-state index is 12.7. The van der Waals surface area contributed by atoms with Crippen molar-refractivity contribution < 1.29 is 8.42 Å². The first-order chi connectivity index (χ1) is 10.5. The largest absolute Gasteiger partial charge is 0.243 e. The number of hydrogen-bond donors (Lipinski definition) is 1. The molecule has 0 saturated heterocycles. The van der Waals surface area contributed by atoms with Crippen LogP contribution in [-0.4, -0.2) is 13.4 Å². The SMILES string of the molecule is Cc1ccccc1[C@@H](C)NS(=O)(=O)c1cccc2scnc12. The smallest absolute Gasteiger partial charge is 0.243 e. The molecule has 1 N–H and O–H groups in total. The summed E-state index contributed by atoms with van der Waals surface area (Å²) in [5.74, 6) is 0. The second-order valence-electron chi connectivity index (χ2n) is 5.15. The van der Waals surface area contributed by atoms with Crippen molar-refractivity contribution >= 4 is 31.6 Å². The molecule has 1 heterocycles. The zero-order valence-corrected chi connectivity index (χ0v) is 13.9. The van der Waals surface area contributed by atoms with Gasteiger partial charge >= 0.3 is 0 Å². The van der Waals surface area contributed by atoms with Crippen molar-refractivity contribution in [2.45, 2.75) is 24.8 Å². The van der Waals surface area contributed by atoms with E-state index in [4.69, 9.17) is 0 Å². The molecule has 0 fully saturated rings. The van der Waals surface area contributed by atoms with E-state index in [9.17, 15) is 8.42 Å². The fraction of sp³-hybridized carbons (Fsp3) is 0.188. The van der Waals surface area contributed by atoms with Gasteiger partial charge < -0.3 is 0 Å². The topological polar surface area (TPSA) is 59.1 Å². The number of sulfonamides is 1. The van der Waals surface area contributed by atoms with Crippen LogP contribution in [0.2, 0.25) is 0 Å². The van der Waals surface area contributed by atoms with Crippen molar-refractivity contribution in [1.29, 1.82) is 0 Å².